The van der Waals surface area contributed by atoms with Gasteiger partial charge in [-0.1, -0.05) is 0 Å². The second-order valence-electron chi connectivity index (χ2n) is 4.49. The zero-order valence-electron chi connectivity index (χ0n) is 9.71. The fourth-order valence-electron chi connectivity index (χ4n) is 2.06. The maximum atomic E-state index is 11.8. The van der Waals surface area contributed by atoms with Gasteiger partial charge in [0.05, 0.1) is 0 Å². The summed E-state index contributed by atoms with van der Waals surface area (Å²) in [7, 11) is 0. The Morgan fingerprint density at radius 3 is 3.06 bits per heavy atom. The van der Waals surface area contributed by atoms with Crippen LogP contribution in [0, 0.1) is 6.92 Å². The van der Waals surface area contributed by atoms with E-state index in [4.69, 9.17) is 0 Å². The summed E-state index contributed by atoms with van der Waals surface area (Å²) in [5, 5.41) is 13.1. The summed E-state index contributed by atoms with van der Waals surface area (Å²) >= 11 is 0. The van der Waals surface area contributed by atoms with E-state index in [0.29, 0.717) is 11.7 Å². The van der Waals surface area contributed by atoms with Crippen LogP contribution in [0.1, 0.15) is 35.9 Å². The van der Waals surface area contributed by atoms with Gasteiger partial charge in [-0.3, -0.25) is 9.89 Å². The van der Waals surface area contributed by atoms with E-state index in [1.807, 2.05) is 6.92 Å². The number of H-pyrrole nitrogens is 1. The Hall–Kier alpha value is -1.36. The first-order chi connectivity index (χ1) is 7.65. The first-order valence-corrected chi connectivity index (χ1v) is 5.71. The monoisotopic (exact) mass is 222 g/mol. The molecule has 0 radical (unpaired) electrons. The average molecular weight is 222 g/mol. The van der Waals surface area contributed by atoms with Crippen molar-refractivity contribution in [2.24, 2.45) is 0 Å². The molecular formula is C11H18N4O. The number of aromatic nitrogens is 2. The first-order valence-electron chi connectivity index (χ1n) is 5.71. The van der Waals surface area contributed by atoms with Gasteiger partial charge in [-0.2, -0.15) is 5.10 Å². The smallest absolute Gasteiger partial charge is 0.271 e. The van der Waals surface area contributed by atoms with Crippen LogP contribution >= 0.6 is 0 Å². The number of amides is 1. The zero-order chi connectivity index (χ0) is 11.5. The molecule has 16 heavy (non-hydrogen) atoms. The number of carbonyl (C=O) groups excluding carboxylic acids is 1. The van der Waals surface area contributed by atoms with E-state index in [2.05, 4.69) is 27.8 Å². The summed E-state index contributed by atoms with van der Waals surface area (Å²) in [6, 6.07) is 2.50. The minimum atomic E-state index is -0.0801. The third kappa shape index (κ3) is 2.61. The number of hydrogen-bond acceptors (Lipinski definition) is 3. The van der Waals surface area contributed by atoms with E-state index >= 15 is 0 Å². The molecule has 2 rings (SSSR count). The molecule has 5 heteroatoms. The van der Waals surface area contributed by atoms with Gasteiger partial charge in [-0.05, 0) is 39.3 Å². The third-order valence-electron chi connectivity index (χ3n) is 2.90. The standard InChI is InChI=1S/C11H18N4O/c1-7-5-9(3-4-12-7)13-11(16)10-6-8(2)14-15-10/h6-7,9,12H,3-5H2,1-2H3,(H,13,16)(H,14,15). The fraction of sp³-hybridized carbons (Fsp3) is 0.636. The summed E-state index contributed by atoms with van der Waals surface area (Å²) in [6.07, 6.45) is 1.97. The minimum Gasteiger partial charge on any atom is -0.348 e. The molecule has 5 nitrogen and oxygen atoms in total. The number of aromatic amines is 1. The Morgan fingerprint density at radius 2 is 2.44 bits per heavy atom. The van der Waals surface area contributed by atoms with E-state index in [-0.39, 0.29) is 11.9 Å². The lowest BCUT2D eigenvalue weighted by Crippen LogP contribution is -2.46. The normalized spacial score (nSPS) is 25.4. The largest absolute Gasteiger partial charge is 0.348 e. The maximum Gasteiger partial charge on any atom is 0.271 e. The zero-order valence-corrected chi connectivity index (χ0v) is 9.71. The SMILES string of the molecule is Cc1cc(C(=O)NC2CCNC(C)C2)n[nH]1. The molecule has 0 spiro atoms. The third-order valence-corrected chi connectivity index (χ3v) is 2.90. The van der Waals surface area contributed by atoms with Gasteiger partial charge in [-0.25, -0.2) is 0 Å². The van der Waals surface area contributed by atoms with Gasteiger partial charge in [0, 0.05) is 17.8 Å². The molecule has 3 N–H and O–H groups in total. The first kappa shape index (κ1) is 11.1. The van der Waals surface area contributed by atoms with Gasteiger partial charge in [0.2, 0.25) is 0 Å². The lowest BCUT2D eigenvalue weighted by atomic mass is 10.0. The highest BCUT2D eigenvalue weighted by Crippen LogP contribution is 2.09. The van der Waals surface area contributed by atoms with Gasteiger partial charge < -0.3 is 10.6 Å². The summed E-state index contributed by atoms with van der Waals surface area (Å²) in [6.45, 7) is 4.99. The quantitative estimate of drug-likeness (QED) is 0.686. The molecule has 0 aliphatic carbocycles. The van der Waals surface area contributed by atoms with E-state index in [1.165, 1.54) is 0 Å². The molecule has 0 aromatic carbocycles. The lowest BCUT2D eigenvalue weighted by molar-refractivity contribution is 0.0920. The predicted molar refractivity (Wildman–Crippen MR) is 61.3 cm³/mol. The summed E-state index contributed by atoms with van der Waals surface area (Å²) in [4.78, 5) is 11.8. The van der Waals surface area contributed by atoms with Crippen molar-refractivity contribution in [2.45, 2.75) is 38.8 Å². The summed E-state index contributed by atoms with van der Waals surface area (Å²) < 4.78 is 0. The molecule has 2 heterocycles. The Bertz CT molecular complexity index is 374. The van der Waals surface area contributed by atoms with Gasteiger partial charge in [0.25, 0.3) is 5.91 Å². The van der Waals surface area contributed by atoms with Crippen LogP contribution in [0.15, 0.2) is 6.07 Å². The Morgan fingerprint density at radius 1 is 1.62 bits per heavy atom. The number of aryl methyl sites for hydroxylation is 1. The van der Waals surface area contributed by atoms with Crippen molar-refractivity contribution in [1.29, 1.82) is 0 Å². The van der Waals surface area contributed by atoms with Gasteiger partial charge in [-0.15, -0.1) is 0 Å². The van der Waals surface area contributed by atoms with Crippen molar-refractivity contribution < 1.29 is 4.79 Å². The van der Waals surface area contributed by atoms with Crippen LogP contribution < -0.4 is 10.6 Å². The topological polar surface area (TPSA) is 69.8 Å². The van der Waals surface area contributed by atoms with Crippen LogP contribution in [0.3, 0.4) is 0 Å². The number of nitrogens with zero attached hydrogens (tertiary/aromatic N) is 1. The highest BCUT2D eigenvalue weighted by molar-refractivity contribution is 5.92. The molecule has 2 unspecified atom stereocenters. The van der Waals surface area contributed by atoms with Crippen molar-refractivity contribution in [3.63, 3.8) is 0 Å². The van der Waals surface area contributed by atoms with Crippen LogP contribution in [0.25, 0.3) is 0 Å². The highest BCUT2D eigenvalue weighted by Gasteiger charge is 2.21. The van der Waals surface area contributed by atoms with Crippen LogP contribution in [0.4, 0.5) is 0 Å². The molecule has 1 aromatic heterocycles. The van der Waals surface area contributed by atoms with Crippen molar-refractivity contribution in [3.8, 4) is 0 Å². The second kappa shape index (κ2) is 4.65. The fourth-order valence-corrected chi connectivity index (χ4v) is 2.06. The number of nitrogens with one attached hydrogen (secondary N) is 3. The van der Waals surface area contributed by atoms with Crippen molar-refractivity contribution >= 4 is 5.91 Å². The summed E-state index contributed by atoms with van der Waals surface area (Å²) in [5.41, 5.74) is 1.38. The van der Waals surface area contributed by atoms with E-state index < -0.39 is 0 Å². The average Bonchev–Trinajstić information content (AvgIpc) is 2.65. The van der Waals surface area contributed by atoms with Crippen LogP contribution in [-0.2, 0) is 0 Å². The molecule has 1 saturated heterocycles. The van der Waals surface area contributed by atoms with Crippen LogP contribution in [-0.4, -0.2) is 34.7 Å². The van der Waals surface area contributed by atoms with Crippen molar-refractivity contribution in [3.05, 3.63) is 17.5 Å². The Kier molecular flexibility index (Phi) is 3.24. The van der Waals surface area contributed by atoms with Crippen LogP contribution in [0.2, 0.25) is 0 Å². The number of piperidine rings is 1. The molecule has 1 amide bonds. The van der Waals surface area contributed by atoms with Gasteiger partial charge >= 0.3 is 0 Å². The highest BCUT2D eigenvalue weighted by atomic mass is 16.2. The van der Waals surface area contributed by atoms with Gasteiger partial charge in [0.1, 0.15) is 5.69 Å². The molecule has 2 atom stereocenters. The molecule has 1 aromatic rings. The molecule has 88 valence electrons. The van der Waals surface area contributed by atoms with Crippen molar-refractivity contribution in [2.75, 3.05) is 6.54 Å². The molecule has 1 fully saturated rings. The Labute approximate surface area is 95.0 Å². The maximum absolute atomic E-state index is 11.8. The minimum absolute atomic E-state index is 0.0801. The lowest BCUT2D eigenvalue weighted by Gasteiger charge is -2.28. The number of carbonyl (C=O) groups is 1. The molecule has 0 bridgehead atoms. The van der Waals surface area contributed by atoms with Gasteiger partial charge in [0.15, 0.2) is 0 Å². The summed E-state index contributed by atoms with van der Waals surface area (Å²) in [5.74, 6) is -0.0801. The second-order valence-corrected chi connectivity index (χ2v) is 4.49. The van der Waals surface area contributed by atoms with E-state index in [0.717, 1.165) is 25.1 Å². The molecule has 0 saturated carbocycles. The predicted octanol–water partition coefficient (Wildman–Crippen LogP) is 0.588. The van der Waals surface area contributed by atoms with Crippen molar-refractivity contribution in [1.82, 2.24) is 20.8 Å². The van der Waals surface area contributed by atoms with E-state index in [1.54, 1.807) is 6.07 Å². The number of hydrogen-bond donors (Lipinski definition) is 3. The van der Waals surface area contributed by atoms with E-state index in [9.17, 15) is 4.79 Å². The number of rotatable bonds is 2. The van der Waals surface area contributed by atoms with Crippen LogP contribution in [0.5, 0.6) is 0 Å². The molecule has 1 aliphatic rings. The Balaban J connectivity index is 1.92. The molecular weight excluding hydrogens is 204 g/mol. The molecule has 1 aliphatic heterocycles.